The Bertz CT molecular complexity index is 417. The number of hydrogen-bond acceptors (Lipinski definition) is 0. The third-order valence-corrected chi connectivity index (χ3v) is 5.03. The van der Waals surface area contributed by atoms with E-state index >= 15 is 0 Å². The second-order valence-corrected chi connectivity index (χ2v) is 6.40. The molecule has 2 aliphatic carbocycles. The van der Waals surface area contributed by atoms with E-state index in [2.05, 4.69) is 48.5 Å². The molecular formula is C20H26Cl2Zr. The first kappa shape index (κ1) is 23.2. The van der Waals surface area contributed by atoms with Crippen LogP contribution in [0.15, 0.2) is 48.5 Å². The predicted octanol–water partition coefficient (Wildman–Crippen LogP) is 0.132. The molecule has 2 saturated carbocycles. The molecule has 0 nitrogen and oxygen atoms in total. The van der Waals surface area contributed by atoms with Gasteiger partial charge in [-0.1, -0.05) is 63.2 Å². The Hall–Kier alpha value is 0.163. The van der Waals surface area contributed by atoms with Gasteiger partial charge in [0.05, 0.1) is 0 Å². The van der Waals surface area contributed by atoms with Crippen LogP contribution in [0.1, 0.15) is 74.3 Å². The van der Waals surface area contributed by atoms with Gasteiger partial charge in [-0.3, -0.25) is 0 Å². The summed E-state index contributed by atoms with van der Waals surface area (Å²) >= 11 is 0. The van der Waals surface area contributed by atoms with E-state index in [1.807, 2.05) is 0 Å². The smallest absolute Gasteiger partial charge is 1.00 e. The number of rotatable bonds is 2. The summed E-state index contributed by atoms with van der Waals surface area (Å²) in [6.45, 7) is 0. The Kier molecular flexibility index (Phi) is 12.6. The molecule has 0 spiro atoms. The van der Waals surface area contributed by atoms with Gasteiger partial charge in [-0.15, -0.1) is 0 Å². The van der Waals surface area contributed by atoms with Crippen molar-refractivity contribution in [3.8, 4) is 0 Å². The molecule has 0 unspecified atom stereocenters. The molecular weight excluding hydrogens is 402 g/mol. The summed E-state index contributed by atoms with van der Waals surface area (Å²) in [5, 5.41) is 0. The zero-order valence-electron chi connectivity index (χ0n) is 13.7. The maximum atomic E-state index is 2.26. The van der Waals surface area contributed by atoms with Crippen molar-refractivity contribution in [3.05, 3.63) is 59.7 Å². The minimum atomic E-state index is 0. The molecule has 0 N–H and O–H groups in total. The SMILES string of the molecule is [Cl-].[Cl-].[Zr+4].c1cc[c-](C2CCCC2)c1.c1cc[c-](C2CCCC2)c1. The first-order valence-corrected chi connectivity index (χ1v) is 8.37. The number of halogens is 2. The molecule has 0 aliphatic heterocycles. The van der Waals surface area contributed by atoms with E-state index in [0.717, 1.165) is 11.8 Å². The van der Waals surface area contributed by atoms with Gasteiger partial charge in [0.25, 0.3) is 0 Å². The van der Waals surface area contributed by atoms with E-state index in [4.69, 9.17) is 0 Å². The number of hydrogen-bond donors (Lipinski definition) is 0. The Morgan fingerprint density at radius 2 is 0.783 bits per heavy atom. The fourth-order valence-corrected chi connectivity index (χ4v) is 3.84. The van der Waals surface area contributed by atoms with E-state index in [0.29, 0.717) is 0 Å². The summed E-state index contributed by atoms with van der Waals surface area (Å²) in [6, 6.07) is 17.6. The third-order valence-electron chi connectivity index (χ3n) is 5.03. The van der Waals surface area contributed by atoms with E-state index in [1.165, 1.54) is 51.4 Å². The summed E-state index contributed by atoms with van der Waals surface area (Å²) < 4.78 is 0. The molecule has 0 amide bonds. The molecule has 4 rings (SSSR count). The van der Waals surface area contributed by atoms with Crippen LogP contribution in [0.4, 0.5) is 0 Å². The van der Waals surface area contributed by atoms with Crippen molar-refractivity contribution >= 4 is 0 Å². The molecule has 2 aromatic carbocycles. The fraction of sp³-hybridized carbons (Fsp3) is 0.500. The average molecular weight is 429 g/mol. The third kappa shape index (κ3) is 6.89. The Morgan fingerprint density at radius 3 is 1.04 bits per heavy atom. The molecule has 0 radical (unpaired) electrons. The minimum Gasteiger partial charge on any atom is -1.00 e. The van der Waals surface area contributed by atoms with Crippen LogP contribution in [-0.2, 0) is 26.2 Å². The summed E-state index contributed by atoms with van der Waals surface area (Å²) in [4.78, 5) is 0. The Morgan fingerprint density at radius 1 is 0.522 bits per heavy atom. The van der Waals surface area contributed by atoms with Crippen molar-refractivity contribution in [1.82, 2.24) is 0 Å². The van der Waals surface area contributed by atoms with Gasteiger partial charge < -0.3 is 24.8 Å². The van der Waals surface area contributed by atoms with Gasteiger partial charge in [0.15, 0.2) is 0 Å². The molecule has 0 saturated heterocycles. The van der Waals surface area contributed by atoms with Crippen molar-refractivity contribution in [3.63, 3.8) is 0 Å². The molecule has 3 heteroatoms. The van der Waals surface area contributed by atoms with Gasteiger partial charge in [-0.25, -0.2) is 24.3 Å². The summed E-state index contributed by atoms with van der Waals surface area (Å²) in [5.74, 6) is 1.80. The maximum absolute atomic E-state index is 2.26. The molecule has 2 aromatic rings. The van der Waals surface area contributed by atoms with Gasteiger partial charge in [0.2, 0.25) is 0 Å². The monoisotopic (exact) mass is 426 g/mol. The van der Waals surface area contributed by atoms with Crippen molar-refractivity contribution in [1.29, 1.82) is 0 Å². The van der Waals surface area contributed by atoms with Crippen LogP contribution in [-0.4, -0.2) is 0 Å². The standard InChI is InChI=1S/2C10H13.2ClH.Zr/c2*1-2-6-9(5-1)10-7-3-4-8-10;;;/h2*1-2,5-6,10H,3-4,7-8H2;2*1H;/q2*-1;;;+4/p-2. The Labute approximate surface area is 173 Å². The fourth-order valence-electron chi connectivity index (χ4n) is 3.84. The van der Waals surface area contributed by atoms with E-state index < -0.39 is 0 Å². The molecule has 0 atom stereocenters. The summed E-state index contributed by atoms with van der Waals surface area (Å²) in [6.07, 6.45) is 11.4. The Balaban J connectivity index is 0.000000372. The zero-order valence-corrected chi connectivity index (χ0v) is 17.7. The topological polar surface area (TPSA) is 0 Å². The van der Waals surface area contributed by atoms with Crippen molar-refractivity contribution in [2.75, 3.05) is 0 Å². The van der Waals surface area contributed by atoms with Crippen molar-refractivity contribution in [2.45, 2.75) is 63.2 Å². The maximum Gasteiger partial charge on any atom is 4.00 e. The first-order valence-electron chi connectivity index (χ1n) is 8.37. The van der Waals surface area contributed by atoms with Crippen molar-refractivity contribution < 1.29 is 51.0 Å². The van der Waals surface area contributed by atoms with E-state index in [9.17, 15) is 0 Å². The van der Waals surface area contributed by atoms with Gasteiger partial charge in [0, 0.05) is 0 Å². The largest absolute Gasteiger partial charge is 4.00 e. The van der Waals surface area contributed by atoms with Crippen LogP contribution in [0.3, 0.4) is 0 Å². The van der Waals surface area contributed by atoms with Crippen LogP contribution in [0.5, 0.6) is 0 Å². The second kappa shape index (κ2) is 12.5. The van der Waals surface area contributed by atoms with E-state index in [-0.39, 0.29) is 51.0 Å². The molecule has 0 heterocycles. The quantitative estimate of drug-likeness (QED) is 0.597. The van der Waals surface area contributed by atoms with Crippen LogP contribution < -0.4 is 24.8 Å². The van der Waals surface area contributed by atoms with Crippen LogP contribution in [0.25, 0.3) is 0 Å². The predicted molar refractivity (Wildman–Crippen MR) is 86.5 cm³/mol. The molecule has 2 aliphatic rings. The average Bonchev–Trinajstić information content (AvgIpc) is 3.29. The molecule has 0 bridgehead atoms. The first-order chi connectivity index (χ1) is 9.93. The summed E-state index contributed by atoms with van der Waals surface area (Å²) in [5.41, 5.74) is 3.13. The molecule has 0 aromatic heterocycles. The van der Waals surface area contributed by atoms with Gasteiger partial charge in [-0.05, 0) is 0 Å². The zero-order chi connectivity index (χ0) is 13.6. The van der Waals surface area contributed by atoms with Gasteiger partial charge in [0.1, 0.15) is 0 Å². The van der Waals surface area contributed by atoms with Crippen molar-refractivity contribution in [2.24, 2.45) is 0 Å². The van der Waals surface area contributed by atoms with Crippen LogP contribution in [0, 0.1) is 0 Å². The molecule has 23 heavy (non-hydrogen) atoms. The second-order valence-electron chi connectivity index (χ2n) is 6.40. The summed E-state index contributed by atoms with van der Waals surface area (Å²) in [7, 11) is 0. The van der Waals surface area contributed by atoms with Gasteiger partial charge in [-0.2, -0.15) is 35.4 Å². The van der Waals surface area contributed by atoms with Crippen LogP contribution in [0.2, 0.25) is 0 Å². The van der Waals surface area contributed by atoms with Gasteiger partial charge >= 0.3 is 26.2 Å². The molecule has 124 valence electrons. The molecule has 2 fully saturated rings. The normalized spacial score (nSPS) is 17.4. The minimum absolute atomic E-state index is 0. The van der Waals surface area contributed by atoms with E-state index in [1.54, 1.807) is 11.1 Å². The van der Waals surface area contributed by atoms with Crippen LogP contribution >= 0.6 is 0 Å².